The van der Waals surface area contributed by atoms with Crippen molar-refractivity contribution in [1.82, 2.24) is 0 Å². The predicted octanol–water partition coefficient (Wildman–Crippen LogP) is 1.50. The summed E-state index contributed by atoms with van der Waals surface area (Å²) in [5.41, 5.74) is 0. The van der Waals surface area contributed by atoms with Crippen LogP contribution in [0.1, 0.15) is 19.8 Å². The summed E-state index contributed by atoms with van der Waals surface area (Å²) in [6, 6.07) is 0. The van der Waals surface area contributed by atoms with Gasteiger partial charge < -0.3 is 14.5 Å². The van der Waals surface area contributed by atoms with Gasteiger partial charge in [-0.1, -0.05) is 12.0 Å². The maximum Gasteiger partial charge on any atom is 0.438 e. The third kappa shape index (κ3) is 6.90. The average Bonchev–Trinajstić information content (AvgIpc) is 2.16. The van der Waals surface area contributed by atoms with Crippen molar-refractivity contribution >= 4 is 21.0 Å². The van der Waals surface area contributed by atoms with Crippen molar-refractivity contribution in [2.45, 2.75) is 19.8 Å². The largest absolute Gasteiger partial charge is 0.481 e. The zero-order valence-electron chi connectivity index (χ0n) is 8.94. The van der Waals surface area contributed by atoms with Gasteiger partial charge in [-0.25, -0.2) is 9.82 Å². The monoisotopic (exact) mass is 292 g/mol. The first-order valence-corrected chi connectivity index (χ1v) is 8.25. The molecule has 0 rings (SSSR count). The van der Waals surface area contributed by atoms with Crippen LogP contribution in [0.4, 0.5) is 0 Å². The SMILES string of the molecule is CC(CCOP(=O)(OOO)[PH](=O)O)CC(=O)O. The molecule has 102 valence electrons. The van der Waals surface area contributed by atoms with Crippen molar-refractivity contribution in [3.63, 3.8) is 0 Å². The average molecular weight is 292 g/mol. The van der Waals surface area contributed by atoms with Crippen LogP contribution in [0.5, 0.6) is 0 Å². The van der Waals surface area contributed by atoms with Gasteiger partial charge in [0, 0.05) is 6.42 Å². The zero-order valence-corrected chi connectivity index (χ0v) is 10.8. The Labute approximate surface area is 97.5 Å². The highest BCUT2D eigenvalue weighted by Crippen LogP contribution is 2.68. The van der Waals surface area contributed by atoms with Crippen LogP contribution < -0.4 is 0 Å². The standard InChI is InChI=1S/C6H14O9P2/c1-5(4-6(7)8)2-3-13-17(12,15-14-9)16(10)11/h5,9,16H,2-4H2,1H3,(H,7,8)(H,10,11). The lowest BCUT2D eigenvalue weighted by molar-refractivity contribution is -0.441. The highest BCUT2D eigenvalue weighted by molar-refractivity contribution is 8.20. The van der Waals surface area contributed by atoms with E-state index in [0.29, 0.717) is 0 Å². The zero-order chi connectivity index (χ0) is 13.5. The van der Waals surface area contributed by atoms with Crippen molar-refractivity contribution in [2.24, 2.45) is 5.92 Å². The first kappa shape index (κ1) is 16.7. The van der Waals surface area contributed by atoms with E-state index in [-0.39, 0.29) is 25.4 Å². The summed E-state index contributed by atoms with van der Waals surface area (Å²) in [4.78, 5) is 19.0. The van der Waals surface area contributed by atoms with Crippen molar-refractivity contribution < 1.29 is 43.4 Å². The summed E-state index contributed by atoms with van der Waals surface area (Å²) in [7, 11) is -8.09. The van der Waals surface area contributed by atoms with E-state index in [1.165, 1.54) is 0 Å². The molecular weight excluding hydrogens is 278 g/mol. The molecule has 17 heavy (non-hydrogen) atoms. The van der Waals surface area contributed by atoms with Gasteiger partial charge in [0.15, 0.2) is 0 Å². The molecule has 9 nitrogen and oxygen atoms in total. The Bertz CT molecular complexity index is 317. The van der Waals surface area contributed by atoms with Crippen LogP contribution in [0.25, 0.3) is 0 Å². The molecule has 3 atom stereocenters. The van der Waals surface area contributed by atoms with E-state index in [0.717, 1.165) is 0 Å². The number of aliphatic carboxylic acids is 1. The summed E-state index contributed by atoms with van der Waals surface area (Å²) in [5.74, 6) is -1.26. The highest BCUT2D eigenvalue weighted by Gasteiger charge is 2.33. The Morgan fingerprint density at radius 1 is 1.53 bits per heavy atom. The third-order valence-electron chi connectivity index (χ3n) is 1.76. The Balaban J connectivity index is 4.11. The minimum atomic E-state index is -4.40. The van der Waals surface area contributed by atoms with Gasteiger partial charge in [-0.3, -0.25) is 9.36 Å². The van der Waals surface area contributed by atoms with Gasteiger partial charge in [-0.15, -0.1) is 4.67 Å². The molecule has 0 saturated heterocycles. The quantitative estimate of drug-likeness (QED) is 0.327. The normalized spacial score (nSPS) is 18.3. The second kappa shape index (κ2) is 7.94. The van der Waals surface area contributed by atoms with Gasteiger partial charge in [0.05, 0.1) is 6.61 Å². The Morgan fingerprint density at radius 2 is 2.12 bits per heavy atom. The van der Waals surface area contributed by atoms with Crippen LogP contribution in [-0.2, 0) is 28.2 Å². The molecular formula is C6H14O9P2. The third-order valence-corrected chi connectivity index (χ3v) is 5.03. The van der Waals surface area contributed by atoms with Crippen LogP contribution in [-0.4, -0.2) is 27.8 Å². The summed E-state index contributed by atoms with van der Waals surface area (Å²) in [6.45, 7) is 1.36. The molecule has 0 aromatic carbocycles. The number of hydrogen-bond donors (Lipinski definition) is 3. The molecule has 0 bridgehead atoms. The molecule has 0 aromatic heterocycles. The Morgan fingerprint density at radius 3 is 2.53 bits per heavy atom. The maximum absolute atomic E-state index is 11.4. The van der Waals surface area contributed by atoms with E-state index in [1.807, 2.05) is 0 Å². The lowest BCUT2D eigenvalue weighted by atomic mass is 10.1. The number of carbonyl (C=O) groups is 1. The van der Waals surface area contributed by atoms with E-state index in [4.69, 9.17) is 15.3 Å². The first-order valence-electron chi connectivity index (χ1n) is 4.51. The molecule has 0 saturated carbocycles. The molecule has 11 heteroatoms. The molecule has 0 amide bonds. The van der Waals surface area contributed by atoms with Crippen LogP contribution in [0.2, 0.25) is 0 Å². The minimum absolute atomic E-state index is 0.112. The Hall–Kier alpha value is -0.270. The fourth-order valence-electron chi connectivity index (χ4n) is 0.927. The van der Waals surface area contributed by atoms with Crippen LogP contribution in [0.3, 0.4) is 0 Å². The smallest absolute Gasteiger partial charge is 0.438 e. The van der Waals surface area contributed by atoms with Gasteiger partial charge in [-0.2, -0.15) is 0 Å². The van der Waals surface area contributed by atoms with Crippen LogP contribution in [0, 0.1) is 5.92 Å². The predicted molar refractivity (Wildman–Crippen MR) is 55.6 cm³/mol. The number of rotatable bonds is 9. The van der Waals surface area contributed by atoms with E-state index in [9.17, 15) is 13.9 Å². The van der Waals surface area contributed by atoms with Gasteiger partial charge in [0.25, 0.3) is 0 Å². The maximum atomic E-state index is 11.4. The second-order valence-electron chi connectivity index (χ2n) is 3.25. The lowest BCUT2D eigenvalue weighted by Crippen LogP contribution is -2.07. The van der Waals surface area contributed by atoms with Crippen LogP contribution in [0.15, 0.2) is 0 Å². The molecule has 0 spiro atoms. The Kier molecular flexibility index (Phi) is 7.82. The second-order valence-corrected chi connectivity index (χ2v) is 8.01. The van der Waals surface area contributed by atoms with E-state index < -0.39 is 21.0 Å². The molecule has 0 fully saturated rings. The van der Waals surface area contributed by atoms with E-state index in [2.05, 4.69) is 14.2 Å². The van der Waals surface area contributed by atoms with E-state index >= 15 is 0 Å². The molecule has 0 aromatic rings. The molecule has 0 aliphatic rings. The molecule has 0 radical (unpaired) electrons. The topological polar surface area (TPSA) is 140 Å². The highest BCUT2D eigenvalue weighted by atomic mass is 32.1. The fourth-order valence-corrected chi connectivity index (χ4v) is 2.47. The van der Waals surface area contributed by atoms with E-state index in [1.54, 1.807) is 6.92 Å². The van der Waals surface area contributed by atoms with Gasteiger partial charge in [0.1, 0.15) is 0 Å². The molecule has 0 aliphatic carbocycles. The summed E-state index contributed by atoms with van der Waals surface area (Å²) < 4.78 is 30.2. The molecule has 3 unspecified atom stereocenters. The molecule has 3 N–H and O–H groups in total. The molecule has 0 aliphatic heterocycles. The number of hydrogen-bond acceptors (Lipinski definition) is 7. The van der Waals surface area contributed by atoms with Crippen molar-refractivity contribution in [3.8, 4) is 0 Å². The van der Waals surface area contributed by atoms with Crippen molar-refractivity contribution in [3.05, 3.63) is 0 Å². The summed E-state index contributed by atoms with van der Waals surface area (Å²) in [5, 5.41) is 19.4. The van der Waals surface area contributed by atoms with Gasteiger partial charge in [0.2, 0.25) is 0 Å². The summed E-state index contributed by atoms with van der Waals surface area (Å²) >= 11 is 0. The minimum Gasteiger partial charge on any atom is -0.481 e. The van der Waals surface area contributed by atoms with Crippen molar-refractivity contribution in [1.29, 1.82) is 0 Å². The van der Waals surface area contributed by atoms with Gasteiger partial charge >= 0.3 is 21.0 Å². The van der Waals surface area contributed by atoms with Crippen LogP contribution >= 0.6 is 15.0 Å². The first-order chi connectivity index (χ1) is 7.81. The van der Waals surface area contributed by atoms with Gasteiger partial charge in [-0.05, 0) is 12.3 Å². The molecule has 0 heterocycles. The van der Waals surface area contributed by atoms with Crippen molar-refractivity contribution in [2.75, 3.05) is 6.61 Å². The number of carboxylic acids is 1. The fraction of sp³-hybridized carbons (Fsp3) is 0.833. The number of carboxylic acid groups (broad SMARTS) is 1. The summed E-state index contributed by atoms with van der Waals surface area (Å²) in [6.07, 6.45) is 0.0829. The lowest BCUT2D eigenvalue weighted by Gasteiger charge is -2.13.